The van der Waals surface area contributed by atoms with Crippen LogP contribution >= 0.6 is 35.4 Å². The number of benzene rings is 1. The maximum absolute atomic E-state index is 6.22. The van der Waals surface area contributed by atoms with E-state index in [0.717, 1.165) is 22.5 Å². The Morgan fingerprint density at radius 1 is 1.26 bits per heavy atom. The van der Waals surface area contributed by atoms with Crippen LogP contribution in [0, 0.1) is 6.92 Å². The zero-order valence-corrected chi connectivity index (χ0v) is 17.5. The third kappa shape index (κ3) is 4.80. The molecule has 0 fully saturated rings. The average molecular weight is 423 g/mol. The number of thiocarbonyl (C=S) groups is 1. The van der Waals surface area contributed by atoms with Crippen molar-refractivity contribution in [3.63, 3.8) is 0 Å². The number of aromatic nitrogens is 4. The molecule has 142 valence electrons. The molecule has 0 amide bonds. The molecule has 0 saturated heterocycles. The van der Waals surface area contributed by atoms with Crippen LogP contribution in [0.3, 0.4) is 0 Å². The zero-order valence-electron chi connectivity index (χ0n) is 15.2. The molecule has 3 rings (SSSR count). The fraction of sp³-hybridized carbons (Fsp3) is 0.278. The molecule has 27 heavy (non-hydrogen) atoms. The molecule has 0 saturated carbocycles. The van der Waals surface area contributed by atoms with Gasteiger partial charge in [-0.1, -0.05) is 29.3 Å². The molecule has 6 nitrogen and oxygen atoms in total. The van der Waals surface area contributed by atoms with Gasteiger partial charge >= 0.3 is 0 Å². The van der Waals surface area contributed by atoms with Gasteiger partial charge in [0, 0.05) is 34.5 Å². The fourth-order valence-corrected chi connectivity index (χ4v) is 3.48. The summed E-state index contributed by atoms with van der Waals surface area (Å²) in [5, 5.41) is 16.8. The van der Waals surface area contributed by atoms with Crippen LogP contribution in [0.2, 0.25) is 10.0 Å². The maximum Gasteiger partial charge on any atom is 0.171 e. The number of halogens is 2. The first-order valence-electron chi connectivity index (χ1n) is 8.36. The van der Waals surface area contributed by atoms with Crippen molar-refractivity contribution in [3.05, 3.63) is 63.7 Å². The van der Waals surface area contributed by atoms with Gasteiger partial charge in [-0.05, 0) is 43.8 Å². The summed E-state index contributed by atoms with van der Waals surface area (Å²) in [7, 11) is 1.92. The van der Waals surface area contributed by atoms with Crippen LogP contribution in [-0.2, 0) is 13.6 Å². The lowest BCUT2D eigenvalue weighted by atomic mass is 10.1. The van der Waals surface area contributed by atoms with Gasteiger partial charge in [0.25, 0.3) is 0 Å². The van der Waals surface area contributed by atoms with Gasteiger partial charge in [-0.2, -0.15) is 10.2 Å². The second kappa shape index (κ2) is 8.29. The lowest BCUT2D eigenvalue weighted by Gasteiger charge is -2.16. The minimum absolute atomic E-state index is 0.0432. The smallest absolute Gasteiger partial charge is 0.171 e. The Kier molecular flexibility index (Phi) is 6.04. The van der Waals surface area contributed by atoms with E-state index in [9.17, 15) is 0 Å². The van der Waals surface area contributed by atoms with Crippen LogP contribution in [0.5, 0.6) is 0 Å². The van der Waals surface area contributed by atoms with Crippen LogP contribution < -0.4 is 10.6 Å². The summed E-state index contributed by atoms with van der Waals surface area (Å²) in [6.07, 6.45) is 5.44. The van der Waals surface area contributed by atoms with Crippen LogP contribution in [0.15, 0.2) is 36.8 Å². The highest BCUT2D eigenvalue weighted by Crippen LogP contribution is 2.22. The van der Waals surface area contributed by atoms with Crippen molar-refractivity contribution in [2.24, 2.45) is 7.05 Å². The molecule has 2 N–H and O–H groups in total. The van der Waals surface area contributed by atoms with E-state index >= 15 is 0 Å². The first kappa shape index (κ1) is 19.7. The number of aryl methyl sites for hydroxylation is 1. The highest BCUT2D eigenvalue weighted by Gasteiger charge is 2.13. The summed E-state index contributed by atoms with van der Waals surface area (Å²) in [4.78, 5) is 0. The van der Waals surface area contributed by atoms with Crippen molar-refractivity contribution in [2.45, 2.75) is 26.4 Å². The van der Waals surface area contributed by atoms with E-state index in [1.54, 1.807) is 16.9 Å². The molecular formula is C18H20Cl2N6S. The molecule has 0 bridgehead atoms. The molecule has 9 heteroatoms. The monoisotopic (exact) mass is 422 g/mol. The van der Waals surface area contributed by atoms with E-state index in [1.165, 1.54) is 0 Å². The predicted molar refractivity (Wildman–Crippen MR) is 114 cm³/mol. The molecule has 0 aliphatic carbocycles. The van der Waals surface area contributed by atoms with E-state index in [0.29, 0.717) is 21.7 Å². The molecule has 1 unspecified atom stereocenters. The van der Waals surface area contributed by atoms with Crippen LogP contribution in [0.4, 0.5) is 5.69 Å². The van der Waals surface area contributed by atoms with E-state index in [4.69, 9.17) is 35.4 Å². The number of hydrogen-bond donors (Lipinski definition) is 2. The Hall–Kier alpha value is -2.09. The predicted octanol–water partition coefficient (Wildman–Crippen LogP) is 4.33. The second-order valence-electron chi connectivity index (χ2n) is 6.29. The zero-order chi connectivity index (χ0) is 19.6. The van der Waals surface area contributed by atoms with Crippen molar-refractivity contribution in [1.82, 2.24) is 24.9 Å². The van der Waals surface area contributed by atoms with Gasteiger partial charge in [0.15, 0.2) is 5.11 Å². The number of nitrogens with zero attached hydrogens (tertiary/aromatic N) is 4. The number of nitrogens with one attached hydrogen (secondary N) is 2. The van der Waals surface area contributed by atoms with Gasteiger partial charge in [-0.3, -0.25) is 9.36 Å². The number of anilines is 1. The third-order valence-corrected chi connectivity index (χ3v) is 5.13. The maximum atomic E-state index is 6.22. The Labute approximate surface area is 173 Å². The molecule has 0 aliphatic rings. The minimum Gasteiger partial charge on any atom is -0.356 e. The van der Waals surface area contributed by atoms with Crippen molar-refractivity contribution in [1.29, 1.82) is 0 Å². The Morgan fingerprint density at radius 3 is 2.70 bits per heavy atom. The molecule has 1 aromatic carbocycles. The average Bonchev–Trinajstić information content (AvgIpc) is 3.17. The van der Waals surface area contributed by atoms with Crippen molar-refractivity contribution in [2.75, 3.05) is 5.32 Å². The van der Waals surface area contributed by atoms with Crippen molar-refractivity contribution >= 4 is 46.2 Å². The largest absolute Gasteiger partial charge is 0.356 e. The molecule has 3 aromatic rings. The second-order valence-corrected chi connectivity index (χ2v) is 7.54. The highest BCUT2D eigenvalue weighted by molar-refractivity contribution is 7.80. The normalized spacial score (nSPS) is 12.0. The van der Waals surface area contributed by atoms with Crippen molar-refractivity contribution in [3.8, 4) is 0 Å². The molecule has 2 aromatic heterocycles. The summed E-state index contributed by atoms with van der Waals surface area (Å²) in [6, 6.07) is 5.47. The molecular weight excluding hydrogens is 403 g/mol. The SMILES string of the molecule is Cc1c(C(C)NC(=S)Nc2cnn(Cc3ccc(Cl)cc3Cl)c2)cnn1C. The Bertz CT molecular complexity index is 965. The first-order chi connectivity index (χ1) is 12.8. The van der Waals surface area contributed by atoms with Crippen LogP contribution in [-0.4, -0.2) is 24.7 Å². The van der Waals surface area contributed by atoms with Gasteiger partial charge in [-0.25, -0.2) is 0 Å². The third-order valence-electron chi connectivity index (χ3n) is 4.33. The lowest BCUT2D eigenvalue weighted by molar-refractivity contribution is 0.687. The summed E-state index contributed by atoms with van der Waals surface area (Å²) < 4.78 is 3.63. The van der Waals surface area contributed by atoms with Crippen LogP contribution in [0.1, 0.15) is 29.8 Å². The van der Waals surface area contributed by atoms with E-state index in [1.807, 2.05) is 50.1 Å². The van der Waals surface area contributed by atoms with E-state index in [2.05, 4.69) is 20.8 Å². The summed E-state index contributed by atoms with van der Waals surface area (Å²) in [5.74, 6) is 0. The number of hydrogen-bond acceptors (Lipinski definition) is 3. The summed E-state index contributed by atoms with van der Waals surface area (Å²) in [5.41, 5.74) is 3.95. The summed E-state index contributed by atoms with van der Waals surface area (Å²) >= 11 is 17.6. The topological polar surface area (TPSA) is 59.7 Å². The van der Waals surface area contributed by atoms with E-state index < -0.39 is 0 Å². The molecule has 0 spiro atoms. The Morgan fingerprint density at radius 2 is 2.04 bits per heavy atom. The lowest BCUT2D eigenvalue weighted by Crippen LogP contribution is -2.31. The van der Waals surface area contributed by atoms with Crippen molar-refractivity contribution < 1.29 is 0 Å². The molecule has 0 radical (unpaired) electrons. The van der Waals surface area contributed by atoms with Gasteiger partial charge in [-0.15, -0.1) is 0 Å². The molecule has 1 atom stereocenters. The highest BCUT2D eigenvalue weighted by atomic mass is 35.5. The summed E-state index contributed by atoms with van der Waals surface area (Å²) in [6.45, 7) is 4.62. The molecule has 2 heterocycles. The minimum atomic E-state index is 0.0432. The van der Waals surface area contributed by atoms with Gasteiger partial charge in [0.05, 0.1) is 30.7 Å². The van der Waals surface area contributed by atoms with Gasteiger partial charge in [0.2, 0.25) is 0 Å². The quantitative estimate of drug-likeness (QED) is 0.599. The van der Waals surface area contributed by atoms with Gasteiger partial charge < -0.3 is 10.6 Å². The molecule has 0 aliphatic heterocycles. The fourth-order valence-electron chi connectivity index (χ4n) is 2.72. The Balaban J connectivity index is 1.60. The standard InChI is InChI=1S/C18H20Cl2N6S/c1-11(16-8-21-25(3)12(16)2)23-18(27)24-15-7-22-26(10-15)9-13-4-5-14(19)6-17(13)20/h4-8,10-11H,9H2,1-3H3,(H2,23,24,27). The number of rotatable bonds is 5. The first-order valence-corrected chi connectivity index (χ1v) is 9.52. The van der Waals surface area contributed by atoms with Crippen LogP contribution in [0.25, 0.3) is 0 Å². The van der Waals surface area contributed by atoms with Gasteiger partial charge in [0.1, 0.15) is 0 Å². The van der Waals surface area contributed by atoms with E-state index in [-0.39, 0.29) is 6.04 Å².